The Balaban J connectivity index is 1.50. The van der Waals surface area contributed by atoms with Crippen LogP contribution in [0.3, 0.4) is 0 Å². The molecule has 0 saturated carbocycles. The summed E-state index contributed by atoms with van der Waals surface area (Å²) in [4.78, 5) is 12.6. The first-order chi connectivity index (χ1) is 12.3. The molecular formula is C22H19NO2. The summed E-state index contributed by atoms with van der Waals surface area (Å²) in [6.07, 6.45) is 4.94. The number of nitrogens with one attached hydrogen (secondary N) is 1. The van der Waals surface area contributed by atoms with Crippen LogP contribution >= 0.6 is 0 Å². The first-order valence-corrected chi connectivity index (χ1v) is 8.50. The number of hydrogen-bond donors (Lipinski definition) is 1. The van der Waals surface area contributed by atoms with Crippen LogP contribution < -0.4 is 5.32 Å². The zero-order chi connectivity index (χ0) is 17.1. The molecule has 0 unspecified atom stereocenters. The predicted molar refractivity (Wildman–Crippen MR) is 99.4 cm³/mol. The fourth-order valence-electron chi connectivity index (χ4n) is 3.01. The summed E-state index contributed by atoms with van der Waals surface area (Å²) in [6.45, 7) is 1.67. The van der Waals surface area contributed by atoms with Gasteiger partial charge in [-0.2, -0.15) is 0 Å². The molecule has 3 heteroatoms. The lowest BCUT2D eigenvalue weighted by atomic mass is 10.0. The van der Waals surface area contributed by atoms with Crippen molar-refractivity contribution in [1.29, 1.82) is 0 Å². The van der Waals surface area contributed by atoms with Crippen molar-refractivity contribution in [2.75, 3.05) is 6.54 Å². The maximum Gasteiger partial charge on any atom is 0.228 e. The Morgan fingerprint density at radius 2 is 1.68 bits per heavy atom. The Bertz CT molecular complexity index is 881. The molecular weight excluding hydrogens is 310 g/mol. The van der Waals surface area contributed by atoms with Crippen molar-refractivity contribution in [3.05, 3.63) is 94.4 Å². The standard InChI is InChI=1S/C22H19NO2/c24-22(21-14-19-15-23-13-12-20(19)25-21)18-10-8-17(9-11-18)7-6-16-4-2-1-3-5-16/h1-11,14,23H,12-13,15H2. The van der Waals surface area contributed by atoms with Crippen LogP contribution in [0.1, 0.15) is 38.6 Å². The van der Waals surface area contributed by atoms with Crippen LogP contribution in [-0.2, 0) is 13.0 Å². The van der Waals surface area contributed by atoms with Gasteiger partial charge in [-0.25, -0.2) is 0 Å². The summed E-state index contributed by atoms with van der Waals surface area (Å²) in [7, 11) is 0. The molecule has 2 aromatic carbocycles. The van der Waals surface area contributed by atoms with Gasteiger partial charge in [0.05, 0.1) is 0 Å². The molecule has 1 N–H and O–H groups in total. The number of benzene rings is 2. The average Bonchev–Trinajstić information content (AvgIpc) is 3.11. The predicted octanol–water partition coefficient (Wildman–Crippen LogP) is 4.33. The molecule has 0 spiro atoms. The van der Waals surface area contributed by atoms with Crippen LogP contribution in [0.25, 0.3) is 12.2 Å². The highest BCUT2D eigenvalue weighted by molar-refractivity contribution is 6.07. The Morgan fingerprint density at radius 3 is 2.40 bits per heavy atom. The zero-order valence-electron chi connectivity index (χ0n) is 13.9. The van der Waals surface area contributed by atoms with E-state index >= 15 is 0 Å². The fourth-order valence-corrected chi connectivity index (χ4v) is 3.01. The number of fused-ring (bicyclic) bond motifs is 1. The number of rotatable bonds is 4. The molecule has 4 rings (SSSR count). The van der Waals surface area contributed by atoms with Crippen molar-refractivity contribution >= 4 is 17.9 Å². The number of ketones is 1. The van der Waals surface area contributed by atoms with Crippen molar-refractivity contribution in [3.63, 3.8) is 0 Å². The van der Waals surface area contributed by atoms with Crippen molar-refractivity contribution in [2.45, 2.75) is 13.0 Å². The molecule has 124 valence electrons. The third kappa shape index (κ3) is 3.47. The summed E-state index contributed by atoms with van der Waals surface area (Å²) in [5.74, 6) is 1.30. The minimum absolute atomic E-state index is 0.0620. The van der Waals surface area contributed by atoms with Crippen LogP contribution in [0.4, 0.5) is 0 Å². The number of hydrogen-bond acceptors (Lipinski definition) is 3. The Kier molecular flexibility index (Phi) is 4.32. The molecule has 2 heterocycles. The molecule has 0 saturated heterocycles. The van der Waals surface area contributed by atoms with Gasteiger partial charge in [-0.15, -0.1) is 0 Å². The van der Waals surface area contributed by atoms with Gasteiger partial charge < -0.3 is 9.73 Å². The van der Waals surface area contributed by atoms with Crippen LogP contribution in [0.2, 0.25) is 0 Å². The van der Waals surface area contributed by atoms with Gasteiger partial charge in [0.25, 0.3) is 0 Å². The topological polar surface area (TPSA) is 42.2 Å². The van der Waals surface area contributed by atoms with Crippen LogP contribution in [-0.4, -0.2) is 12.3 Å². The van der Waals surface area contributed by atoms with E-state index in [0.29, 0.717) is 11.3 Å². The lowest BCUT2D eigenvalue weighted by Crippen LogP contribution is -2.22. The second-order valence-electron chi connectivity index (χ2n) is 6.18. The Morgan fingerprint density at radius 1 is 0.960 bits per heavy atom. The van der Waals surface area contributed by atoms with Crippen molar-refractivity contribution < 1.29 is 9.21 Å². The van der Waals surface area contributed by atoms with E-state index in [9.17, 15) is 4.79 Å². The average molecular weight is 329 g/mol. The number of furan rings is 1. The highest BCUT2D eigenvalue weighted by Crippen LogP contribution is 2.21. The first kappa shape index (κ1) is 15.6. The molecule has 1 aliphatic rings. The molecule has 1 aliphatic heterocycles. The van der Waals surface area contributed by atoms with E-state index in [-0.39, 0.29) is 5.78 Å². The summed E-state index contributed by atoms with van der Waals surface area (Å²) in [5, 5.41) is 3.29. The van der Waals surface area contributed by atoms with E-state index < -0.39 is 0 Å². The zero-order valence-corrected chi connectivity index (χ0v) is 13.9. The van der Waals surface area contributed by atoms with Gasteiger partial charge in [0, 0.05) is 30.6 Å². The van der Waals surface area contributed by atoms with Crippen LogP contribution in [0, 0.1) is 0 Å². The minimum Gasteiger partial charge on any atom is -0.457 e. The highest BCUT2D eigenvalue weighted by Gasteiger charge is 2.19. The van der Waals surface area contributed by atoms with Crippen LogP contribution in [0.15, 0.2) is 65.1 Å². The van der Waals surface area contributed by atoms with E-state index in [0.717, 1.165) is 42.0 Å². The van der Waals surface area contributed by atoms with Crippen molar-refractivity contribution in [3.8, 4) is 0 Å². The van der Waals surface area contributed by atoms with E-state index in [1.165, 1.54) is 0 Å². The third-order valence-corrected chi connectivity index (χ3v) is 4.41. The van der Waals surface area contributed by atoms with Gasteiger partial charge in [-0.1, -0.05) is 66.7 Å². The summed E-state index contributed by atoms with van der Waals surface area (Å²) >= 11 is 0. The van der Waals surface area contributed by atoms with E-state index in [4.69, 9.17) is 4.42 Å². The molecule has 0 aliphatic carbocycles. The lowest BCUT2D eigenvalue weighted by Gasteiger charge is -2.09. The second-order valence-corrected chi connectivity index (χ2v) is 6.18. The summed E-state index contributed by atoms with van der Waals surface area (Å²) in [5.41, 5.74) is 3.95. The van der Waals surface area contributed by atoms with E-state index in [2.05, 4.69) is 23.5 Å². The molecule has 0 atom stereocenters. The normalized spacial score (nSPS) is 13.8. The maximum atomic E-state index is 12.6. The smallest absolute Gasteiger partial charge is 0.228 e. The van der Waals surface area contributed by atoms with Crippen molar-refractivity contribution in [1.82, 2.24) is 5.32 Å². The van der Waals surface area contributed by atoms with Gasteiger partial charge in [0.1, 0.15) is 5.76 Å². The van der Waals surface area contributed by atoms with Crippen LogP contribution in [0.5, 0.6) is 0 Å². The van der Waals surface area contributed by atoms with E-state index in [1.54, 1.807) is 0 Å². The molecule has 25 heavy (non-hydrogen) atoms. The Hall–Kier alpha value is -2.91. The third-order valence-electron chi connectivity index (χ3n) is 4.41. The first-order valence-electron chi connectivity index (χ1n) is 8.50. The molecule has 1 aromatic heterocycles. The Labute approximate surface area is 147 Å². The SMILES string of the molecule is O=C(c1ccc(C=Cc2ccccc2)cc1)c1cc2c(o1)CCNC2. The van der Waals surface area contributed by atoms with Gasteiger partial charge in [-0.05, 0) is 17.2 Å². The van der Waals surface area contributed by atoms with Gasteiger partial charge in [-0.3, -0.25) is 4.79 Å². The lowest BCUT2D eigenvalue weighted by molar-refractivity contribution is 0.101. The monoisotopic (exact) mass is 329 g/mol. The number of carbonyl (C=O) groups excluding carboxylic acids is 1. The quantitative estimate of drug-likeness (QED) is 0.572. The van der Waals surface area contributed by atoms with Gasteiger partial charge >= 0.3 is 0 Å². The van der Waals surface area contributed by atoms with Crippen molar-refractivity contribution in [2.24, 2.45) is 0 Å². The second kappa shape index (κ2) is 6.91. The molecule has 0 fully saturated rings. The van der Waals surface area contributed by atoms with Gasteiger partial charge in [0.2, 0.25) is 5.78 Å². The molecule has 3 nitrogen and oxygen atoms in total. The summed E-state index contributed by atoms with van der Waals surface area (Å²) < 4.78 is 5.75. The van der Waals surface area contributed by atoms with E-state index in [1.807, 2.05) is 54.6 Å². The summed E-state index contributed by atoms with van der Waals surface area (Å²) in [6, 6.07) is 19.6. The minimum atomic E-state index is -0.0620. The number of carbonyl (C=O) groups is 1. The molecule has 3 aromatic rings. The largest absolute Gasteiger partial charge is 0.457 e. The molecule has 0 radical (unpaired) electrons. The maximum absolute atomic E-state index is 12.6. The van der Waals surface area contributed by atoms with Gasteiger partial charge in [0.15, 0.2) is 5.76 Å². The highest BCUT2D eigenvalue weighted by atomic mass is 16.3. The fraction of sp³-hybridized carbons (Fsp3) is 0.136. The molecule has 0 amide bonds. The molecule has 0 bridgehead atoms.